The number of ether oxygens (including phenoxy) is 1. The van der Waals surface area contributed by atoms with Gasteiger partial charge in [0.05, 0.1) is 17.4 Å². The minimum absolute atomic E-state index is 0.0237. The standard InChI is InChI=1S/C15H25N3O2/c1-5-13-12(9-18(4)17-13)15(19)16-8-11-6-7-20-14(11)10(2)3/h9-11,14H,5-8H2,1-4H3,(H,16,19)/t11-,14-/m1/s1. The lowest BCUT2D eigenvalue weighted by atomic mass is 9.93. The van der Waals surface area contributed by atoms with Gasteiger partial charge in [-0.3, -0.25) is 9.48 Å². The van der Waals surface area contributed by atoms with Gasteiger partial charge in [0.2, 0.25) is 0 Å². The van der Waals surface area contributed by atoms with Gasteiger partial charge in [-0.1, -0.05) is 20.8 Å². The Labute approximate surface area is 120 Å². The summed E-state index contributed by atoms with van der Waals surface area (Å²) in [4.78, 5) is 12.3. The molecule has 2 heterocycles. The van der Waals surface area contributed by atoms with Crippen LogP contribution in [0.25, 0.3) is 0 Å². The van der Waals surface area contributed by atoms with Gasteiger partial charge < -0.3 is 10.1 Å². The number of nitrogens with zero attached hydrogens (tertiary/aromatic N) is 2. The fraction of sp³-hybridized carbons (Fsp3) is 0.733. The van der Waals surface area contributed by atoms with E-state index in [1.807, 2.05) is 14.0 Å². The van der Waals surface area contributed by atoms with Gasteiger partial charge in [-0.25, -0.2) is 0 Å². The Balaban J connectivity index is 1.95. The van der Waals surface area contributed by atoms with E-state index in [0.717, 1.165) is 25.1 Å². The number of aromatic nitrogens is 2. The first-order valence-electron chi connectivity index (χ1n) is 7.45. The normalized spacial score (nSPS) is 22.4. The Kier molecular flexibility index (Phi) is 4.81. The second-order valence-electron chi connectivity index (χ2n) is 5.85. The third-order valence-electron chi connectivity index (χ3n) is 3.93. The van der Waals surface area contributed by atoms with E-state index in [1.54, 1.807) is 10.9 Å². The molecule has 112 valence electrons. The summed E-state index contributed by atoms with van der Waals surface area (Å²) in [6.07, 6.45) is 3.84. The molecule has 1 aromatic heterocycles. The Bertz CT molecular complexity index is 468. The first-order chi connectivity index (χ1) is 9.52. The molecule has 1 fully saturated rings. The molecule has 0 spiro atoms. The van der Waals surface area contributed by atoms with Crippen molar-refractivity contribution < 1.29 is 9.53 Å². The van der Waals surface area contributed by atoms with Crippen molar-refractivity contribution in [3.63, 3.8) is 0 Å². The number of carbonyl (C=O) groups excluding carboxylic acids is 1. The fourth-order valence-corrected chi connectivity index (χ4v) is 2.92. The van der Waals surface area contributed by atoms with Gasteiger partial charge in [-0.2, -0.15) is 5.10 Å². The van der Waals surface area contributed by atoms with Gasteiger partial charge in [0.1, 0.15) is 0 Å². The number of aryl methyl sites for hydroxylation is 2. The van der Waals surface area contributed by atoms with Gasteiger partial charge in [0.25, 0.3) is 5.91 Å². The maximum atomic E-state index is 12.3. The zero-order valence-corrected chi connectivity index (χ0v) is 12.8. The van der Waals surface area contributed by atoms with Gasteiger partial charge in [0, 0.05) is 32.3 Å². The Morgan fingerprint density at radius 2 is 2.35 bits per heavy atom. The van der Waals surface area contributed by atoms with Gasteiger partial charge in [-0.15, -0.1) is 0 Å². The maximum Gasteiger partial charge on any atom is 0.254 e. The van der Waals surface area contributed by atoms with E-state index in [1.165, 1.54) is 0 Å². The van der Waals surface area contributed by atoms with E-state index in [-0.39, 0.29) is 12.0 Å². The fourth-order valence-electron chi connectivity index (χ4n) is 2.92. The first kappa shape index (κ1) is 15.0. The van der Waals surface area contributed by atoms with Crippen molar-refractivity contribution >= 4 is 5.91 Å². The number of hydrogen-bond donors (Lipinski definition) is 1. The molecule has 2 atom stereocenters. The predicted octanol–water partition coefficient (Wildman–Crippen LogP) is 1.77. The summed E-state index contributed by atoms with van der Waals surface area (Å²) >= 11 is 0. The van der Waals surface area contributed by atoms with E-state index in [9.17, 15) is 4.79 Å². The Morgan fingerprint density at radius 1 is 1.60 bits per heavy atom. The molecule has 0 bridgehead atoms. The molecule has 1 aliphatic rings. The van der Waals surface area contributed by atoms with Crippen LogP contribution in [0.15, 0.2) is 6.20 Å². The van der Waals surface area contributed by atoms with Crippen molar-refractivity contribution in [1.29, 1.82) is 0 Å². The topological polar surface area (TPSA) is 56.2 Å². The molecule has 1 aliphatic heterocycles. The maximum absolute atomic E-state index is 12.3. The van der Waals surface area contributed by atoms with Crippen LogP contribution in [-0.2, 0) is 18.2 Å². The number of hydrogen-bond acceptors (Lipinski definition) is 3. The molecule has 5 nitrogen and oxygen atoms in total. The first-order valence-corrected chi connectivity index (χ1v) is 7.45. The van der Waals surface area contributed by atoms with Crippen LogP contribution in [0.4, 0.5) is 0 Å². The molecule has 0 unspecified atom stereocenters. The van der Waals surface area contributed by atoms with E-state index < -0.39 is 0 Å². The van der Waals surface area contributed by atoms with Crippen LogP contribution in [0.1, 0.15) is 43.2 Å². The third kappa shape index (κ3) is 3.20. The predicted molar refractivity (Wildman–Crippen MR) is 77.6 cm³/mol. The number of amides is 1. The number of nitrogens with one attached hydrogen (secondary N) is 1. The summed E-state index contributed by atoms with van der Waals surface area (Å²) in [5, 5.41) is 7.35. The highest BCUT2D eigenvalue weighted by Crippen LogP contribution is 2.26. The summed E-state index contributed by atoms with van der Waals surface area (Å²) < 4.78 is 7.44. The van der Waals surface area contributed by atoms with Crippen LogP contribution in [-0.4, -0.2) is 34.9 Å². The molecule has 1 saturated heterocycles. The highest BCUT2D eigenvalue weighted by Gasteiger charge is 2.31. The molecular formula is C15H25N3O2. The van der Waals surface area contributed by atoms with Crippen molar-refractivity contribution in [2.75, 3.05) is 13.2 Å². The largest absolute Gasteiger partial charge is 0.378 e. The molecular weight excluding hydrogens is 254 g/mol. The smallest absolute Gasteiger partial charge is 0.254 e. The quantitative estimate of drug-likeness (QED) is 0.893. The molecule has 2 rings (SSSR count). The number of rotatable bonds is 5. The minimum atomic E-state index is -0.0237. The van der Waals surface area contributed by atoms with Crippen molar-refractivity contribution in [3.05, 3.63) is 17.5 Å². The van der Waals surface area contributed by atoms with Gasteiger partial charge in [0.15, 0.2) is 0 Å². The number of carbonyl (C=O) groups is 1. The zero-order valence-electron chi connectivity index (χ0n) is 12.8. The van der Waals surface area contributed by atoms with E-state index in [0.29, 0.717) is 23.9 Å². The van der Waals surface area contributed by atoms with E-state index in [4.69, 9.17) is 4.74 Å². The molecule has 1 N–H and O–H groups in total. The average molecular weight is 279 g/mol. The van der Waals surface area contributed by atoms with Crippen LogP contribution in [0, 0.1) is 11.8 Å². The molecule has 0 aliphatic carbocycles. The van der Waals surface area contributed by atoms with Gasteiger partial charge in [-0.05, 0) is 18.8 Å². The summed E-state index contributed by atoms with van der Waals surface area (Å²) in [5.41, 5.74) is 1.54. The lowest BCUT2D eigenvalue weighted by molar-refractivity contribution is 0.0533. The minimum Gasteiger partial charge on any atom is -0.378 e. The van der Waals surface area contributed by atoms with Crippen LogP contribution >= 0.6 is 0 Å². The van der Waals surface area contributed by atoms with E-state index in [2.05, 4.69) is 24.3 Å². The third-order valence-corrected chi connectivity index (χ3v) is 3.93. The van der Waals surface area contributed by atoms with Gasteiger partial charge >= 0.3 is 0 Å². The van der Waals surface area contributed by atoms with Crippen LogP contribution in [0.5, 0.6) is 0 Å². The highest BCUT2D eigenvalue weighted by atomic mass is 16.5. The molecule has 0 aromatic carbocycles. The molecule has 1 amide bonds. The Hall–Kier alpha value is -1.36. The molecule has 0 saturated carbocycles. The highest BCUT2D eigenvalue weighted by molar-refractivity contribution is 5.95. The molecule has 20 heavy (non-hydrogen) atoms. The van der Waals surface area contributed by atoms with E-state index >= 15 is 0 Å². The van der Waals surface area contributed by atoms with Crippen LogP contribution in [0.2, 0.25) is 0 Å². The SMILES string of the molecule is CCc1nn(C)cc1C(=O)NC[C@H]1CCO[C@@H]1C(C)C. The van der Waals surface area contributed by atoms with Crippen LogP contribution < -0.4 is 5.32 Å². The summed E-state index contributed by atoms with van der Waals surface area (Å²) in [6.45, 7) is 7.83. The van der Waals surface area contributed by atoms with Crippen molar-refractivity contribution in [3.8, 4) is 0 Å². The van der Waals surface area contributed by atoms with Crippen molar-refractivity contribution in [2.24, 2.45) is 18.9 Å². The monoisotopic (exact) mass is 279 g/mol. The lowest BCUT2D eigenvalue weighted by Gasteiger charge is -2.22. The average Bonchev–Trinajstić information content (AvgIpc) is 3.01. The summed E-state index contributed by atoms with van der Waals surface area (Å²) in [5.74, 6) is 0.883. The van der Waals surface area contributed by atoms with Crippen LogP contribution in [0.3, 0.4) is 0 Å². The summed E-state index contributed by atoms with van der Waals surface area (Å²) in [7, 11) is 1.84. The van der Waals surface area contributed by atoms with Crippen molar-refractivity contribution in [2.45, 2.75) is 39.7 Å². The molecule has 0 radical (unpaired) electrons. The lowest BCUT2D eigenvalue weighted by Crippen LogP contribution is -2.35. The molecule has 1 aromatic rings. The Morgan fingerprint density at radius 3 is 3.00 bits per heavy atom. The summed E-state index contributed by atoms with van der Waals surface area (Å²) in [6, 6.07) is 0. The molecule has 5 heteroatoms. The van der Waals surface area contributed by atoms with Crippen molar-refractivity contribution in [1.82, 2.24) is 15.1 Å². The zero-order chi connectivity index (χ0) is 14.7. The second kappa shape index (κ2) is 6.39. The second-order valence-corrected chi connectivity index (χ2v) is 5.85.